The Balaban J connectivity index is 0.963. The third kappa shape index (κ3) is 6.21. The Morgan fingerprint density at radius 1 is 1.02 bits per heavy atom. The van der Waals surface area contributed by atoms with Crippen LogP contribution in [0.25, 0.3) is 0 Å². The smallest absolute Gasteiger partial charge is 0.255 e. The van der Waals surface area contributed by atoms with Gasteiger partial charge in [0.25, 0.3) is 5.91 Å². The van der Waals surface area contributed by atoms with E-state index in [4.69, 9.17) is 5.41 Å². The zero-order chi connectivity index (χ0) is 30.8. The topological polar surface area (TPSA) is 106 Å². The molecule has 0 radical (unpaired) electrons. The van der Waals surface area contributed by atoms with Gasteiger partial charge in [-0.1, -0.05) is 54.6 Å². The fraction of sp³-hybridized carbons (Fsp3) is 0.333. The molecule has 3 aromatic rings. The first-order chi connectivity index (χ1) is 21.3. The molecule has 3 aliphatic rings. The molecule has 0 aromatic heterocycles. The van der Waals surface area contributed by atoms with E-state index in [1.54, 1.807) is 4.90 Å². The standard InChI is InChI=1S/C36H39N5O3/c1-23(15-26-9-12-32(38-2)28(16-26)18-37)3-4-24-5-7-25(8-6-24)19-40-20-30(21-40)27-10-11-31-29(17-27)22-41(36(31)44)33-13-14-34(42)39-35(33)43/h5-12,16-18,30,33,37-38H,1,3-4,13-15,19-22H2,2H3,(H,39,42,43). The Morgan fingerprint density at radius 2 is 1.77 bits per heavy atom. The van der Waals surface area contributed by atoms with Gasteiger partial charge in [0.1, 0.15) is 6.04 Å². The van der Waals surface area contributed by atoms with Crippen molar-refractivity contribution in [1.29, 1.82) is 5.41 Å². The molecular weight excluding hydrogens is 550 g/mol. The summed E-state index contributed by atoms with van der Waals surface area (Å²) in [5, 5.41) is 13.1. The van der Waals surface area contributed by atoms with E-state index in [-0.39, 0.29) is 24.1 Å². The number of hydrogen-bond donors (Lipinski definition) is 3. The lowest BCUT2D eigenvalue weighted by atomic mass is 9.89. The second-order valence-corrected chi connectivity index (χ2v) is 12.3. The molecule has 6 rings (SSSR count). The highest BCUT2D eigenvalue weighted by Gasteiger charge is 2.39. The first-order valence-corrected chi connectivity index (χ1v) is 15.4. The van der Waals surface area contributed by atoms with Crippen molar-refractivity contribution >= 4 is 29.6 Å². The van der Waals surface area contributed by atoms with Crippen molar-refractivity contribution in [2.24, 2.45) is 0 Å². The molecule has 0 aliphatic carbocycles. The zero-order valence-corrected chi connectivity index (χ0v) is 25.2. The Kier molecular flexibility index (Phi) is 8.44. The summed E-state index contributed by atoms with van der Waals surface area (Å²) in [5.41, 5.74) is 9.70. The van der Waals surface area contributed by atoms with Crippen LogP contribution in [-0.4, -0.2) is 59.9 Å². The van der Waals surface area contributed by atoms with E-state index in [1.165, 1.54) is 34.0 Å². The monoisotopic (exact) mass is 589 g/mol. The van der Waals surface area contributed by atoms with Gasteiger partial charge in [0.15, 0.2) is 0 Å². The number of nitrogens with one attached hydrogen (secondary N) is 3. The molecule has 3 heterocycles. The van der Waals surface area contributed by atoms with Crippen molar-refractivity contribution < 1.29 is 14.4 Å². The van der Waals surface area contributed by atoms with Crippen LogP contribution in [0.15, 0.2) is 72.8 Å². The van der Waals surface area contributed by atoms with Crippen LogP contribution >= 0.6 is 0 Å². The average molecular weight is 590 g/mol. The van der Waals surface area contributed by atoms with Crippen LogP contribution in [0, 0.1) is 5.41 Å². The predicted octanol–water partition coefficient (Wildman–Crippen LogP) is 4.82. The molecule has 226 valence electrons. The number of fused-ring (bicyclic) bond motifs is 1. The SMILES string of the molecule is C=C(CCc1ccc(CN2CC(c3ccc4c(c3)CN(C3CCC(=O)NC3=O)C4=O)C2)cc1)Cc1ccc(NC)c(C=N)c1. The van der Waals surface area contributed by atoms with Crippen molar-refractivity contribution in [3.05, 3.63) is 112 Å². The average Bonchev–Trinajstić information content (AvgIpc) is 3.33. The van der Waals surface area contributed by atoms with Crippen molar-refractivity contribution in [2.75, 3.05) is 25.5 Å². The van der Waals surface area contributed by atoms with Crippen LogP contribution in [0.4, 0.5) is 5.69 Å². The van der Waals surface area contributed by atoms with Crippen LogP contribution in [0.5, 0.6) is 0 Å². The highest BCUT2D eigenvalue weighted by Crippen LogP contribution is 2.34. The van der Waals surface area contributed by atoms with Gasteiger partial charge < -0.3 is 15.6 Å². The number of benzene rings is 3. The van der Waals surface area contributed by atoms with Crippen LogP contribution in [0.3, 0.4) is 0 Å². The number of carbonyl (C=O) groups is 3. The zero-order valence-electron chi connectivity index (χ0n) is 25.2. The van der Waals surface area contributed by atoms with Crippen LogP contribution in [-0.2, 0) is 35.5 Å². The fourth-order valence-corrected chi connectivity index (χ4v) is 6.60. The number of amides is 3. The third-order valence-corrected chi connectivity index (χ3v) is 9.17. The second kappa shape index (κ2) is 12.6. The number of aryl methyl sites for hydroxylation is 1. The van der Waals surface area contributed by atoms with E-state index in [0.29, 0.717) is 24.4 Å². The molecule has 1 atom stereocenters. The number of carbonyl (C=O) groups excluding carboxylic acids is 3. The maximum absolute atomic E-state index is 13.0. The molecule has 2 fully saturated rings. The molecular formula is C36H39N5O3. The maximum Gasteiger partial charge on any atom is 0.255 e. The number of rotatable bonds is 11. The predicted molar refractivity (Wildman–Crippen MR) is 172 cm³/mol. The second-order valence-electron chi connectivity index (χ2n) is 12.3. The maximum atomic E-state index is 13.0. The van der Waals surface area contributed by atoms with E-state index >= 15 is 0 Å². The summed E-state index contributed by atoms with van der Waals surface area (Å²) in [6.45, 7) is 7.57. The Labute approximate surface area is 258 Å². The van der Waals surface area contributed by atoms with Gasteiger partial charge in [-0.25, -0.2) is 0 Å². The molecule has 44 heavy (non-hydrogen) atoms. The number of anilines is 1. The van der Waals surface area contributed by atoms with Crippen molar-refractivity contribution in [2.45, 2.75) is 57.2 Å². The number of hydrogen-bond acceptors (Lipinski definition) is 6. The normalized spacial score (nSPS) is 18.5. The van der Waals surface area contributed by atoms with Gasteiger partial charge in [-0.15, -0.1) is 0 Å². The molecule has 0 saturated carbocycles. The fourth-order valence-electron chi connectivity index (χ4n) is 6.60. The van der Waals surface area contributed by atoms with Crippen LogP contribution in [0.2, 0.25) is 0 Å². The number of nitrogens with zero attached hydrogens (tertiary/aromatic N) is 2. The molecule has 8 heteroatoms. The van der Waals surface area contributed by atoms with Gasteiger partial charge in [-0.3, -0.25) is 24.6 Å². The van der Waals surface area contributed by atoms with Gasteiger partial charge in [-0.05, 0) is 71.7 Å². The molecule has 3 amide bonds. The van der Waals surface area contributed by atoms with Crippen LogP contribution < -0.4 is 10.6 Å². The molecule has 1 unspecified atom stereocenters. The Hall–Kier alpha value is -4.56. The van der Waals surface area contributed by atoms with E-state index in [0.717, 1.165) is 55.7 Å². The first-order valence-electron chi connectivity index (χ1n) is 15.4. The molecule has 8 nitrogen and oxygen atoms in total. The van der Waals surface area contributed by atoms with E-state index in [9.17, 15) is 14.4 Å². The largest absolute Gasteiger partial charge is 0.388 e. The Bertz CT molecular complexity index is 1620. The summed E-state index contributed by atoms with van der Waals surface area (Å²) in [6.07, 6.45) is 4.73. The minimum absolute atomic E-state index is 0.124. The lowest BCUT2D eigenvalue weighted by Crippen LogP contribution is -2.52. The summed E-state index contributed by atoms with van der Waals surface area (Å²) in [7, 11) is 1.87. The Morgan fingerprint density at radius 3 is 2.50 bits per heavy atom. The van der Waals surface area contributed by atoms with Crippen molar-refractivity contribution in [1.82, 2.24) is 15.1 Å². The van der Waals surface area contributed by atoms with Gasteiger partial charge in [-0.2, -0.15) is 0 Å². The highest BCUT2D eigenvalue weighted by atomic mass is 16.2. The minimum Gasteiger partial charge on any atom is -0.388 e. The molecule has 2 saturated heterocycles. The summed E-state index contributed by atoms with van der Waals surface area (Å²) in [6, 6.07) is 20.6. The highest BCUT2D eigenvalue weighted by molar-refractivity contribution is 6.05. The number of likely N-dealkylation sites (tertiary alicyclic amines) is 1. The lowest BCUT2D eigenvalue weighted by molar-refractivity contribution is -0.136. The van der Waals surface area contributed by atoms with Gasteiger partial charge >= 0.3 is 0 Å². The first kappa shape index (κ1) is 29.5. The molecule has 0 spiro atoms. The van der Waals surface area contributed by atoms with Gasteiger partial charge in [0.05, 0.1) is 0 Å². The third-order valence-electron chi connectivity index (χ3n) is 9.17. The molecule has 0 bridgehead atoms. The van der Waals surface area contributed by atoms with Crippen molar-refractivity contribution in [3.8, 4) is 0 Å². The van der Waals surface area contributed by atoms with Gasteiger partial charge in [0.2, 0.25) is 11.8 Å². The summed E-state index contributed by atoms with van der Waals surface area (Å²) >= 11 is 0. The number of allylic oxidation sites excluding steroid dienone is 1. The van der Waals surface area contributed by atoms with E-state index < -0.39 is 6.04 Å². The van der Waals surface area contributed by atoms with E-state index in [1.807, 2.05) is 19.2 Å². The summed E-state index contributed by atoms with van der Waals surface area (Å²) in [4.78, 5) is 40.9. The van der Waals surface area contributed by atoms with Crippen LogP contribution in [0.1, 0.15) is 68.9 Å². The minimum atomic E-state index is -0.580. The molecule has 3 aromatic carbocycles. The molecule has 3 N–H and O–H groups in total. The quantitative estimate of drug-likeness (QED) is 0.169. The number of imide groups is 1. The van der Waals surface area contributed by atoms with Gasteiger partial charge in [0, 0.05) is 68.6 Å². The summed E-state index contributed by atoms with van der Waals surface area (Å²) < 4.78 is 0. The lowest BCUT2D eigenvalue weighted by Gasteiger charge is -2.39. The van der Waals surface area contributed by atoms with Crippen molar-refractivity contribution in [3.63, 3.8) is 0 Å². The molecule has 3 aliphatic heterocycles. The number of piperidine rings is 1. The van der Waals surface area contributed by atoms with E-state index in [2.05, 4.69) is 70.6 Å². The summed E-state index contributed by atoms with van der Waals surface area (Å²) in [5.74, 6) is -0.343.